The molecule has 158 valence electrons. The molecule has 1 N–H and O–H groups in total. The van der Waals surface area contributed by atoms with E-state index in [9.17, 15) is 14.7 Å². The van der Waals surface area contributed by atoms with Gasteiger partial charge in [-0.3, -0.25) is 9.59 Å². The molecule has 6 nitrogen and oxygen atoms in total. The maximum atomic E-state index is 13.0. The molecule has 1 fully saturated rings. The number of benzene rings is 2. The molecule has 0 aliphatic carbocycles. The third-order valence-electron chi connectivity index (χ3n) is 5.14. The number of likely N-dealkylation sites (tertiary alicyclic amines) is 1. The zero-order valence-electron chi connectivity index (χ0n) is 17.1. The van der Waals surface area contributed by atoms with Crippen molar-refractivity contribution in [2.45, 2.75) is 19.4 Å². The molecule has 2 aromatic rings. The highest BCUT2D eigenvalue weighted by Gasteiger charge is 2.45. The van der Waals surface area contributed by atoms with Gasteiger partial charge in [-0.15, -0.1) is 0 Å². The number of nitrogens with zero attached hydrogens (tertiary/aromatic N) is 1. The van der Waals surface area contributed by atoms with Gasteiger partial charge >= 0.3 is 0 Å². The van der Waals surface area contributed by atoms with E-state index in [4.69, 9.17) is 9.47 Å². The summed E-state index contributed by atoms with van der Waals surface area (Å²) in [6, 6.07) is 11.9. The van der Waals surface area contributed by atoms with Crippen LogP contribution in [-0.2, 0) is 14.3 Å². The van der Waals surface area contributed by atoms with Crippen molar-refractivity contribution < 1.29 is 24.2 Å². The monoisotopic (exact) mass is 473 g/mol. The number of carbonyl (C=O) groups is 2. The SMILES string of the molecule is COCCCN1C(=O)C(=O)C(=C(O)c2ccc(OC)cc2C)C1c1cccc(Br)c1. The molecular weight excluding hydrogens is 450 g/mol. The number of ketones is 1. The van der Waals surface area contributed by atoms with E-state index in [2.05, 4.69) is 15.9 Å². The summed E-state index contributed by atoms with van der Waals surface area (Å²) in [5.74, 6) is -0.853. The van der Waals surface area contributed by atoms with Crippen molar-refractivity contribution in [1.29, 1.82) is 0 Å². The molecule has 7 heteroatoms. The maximum absolute atomic E-state index is 13.0. The van der Waals surface area contributed by atoms with Gasteiger partial charge in [0.1, 0.15) is 11.5 Å². The molecule has 0 bridgehead atoms. The van der Waals surface area contributed by atoms with E-state index >= 15 is 0 Å². The number of ether oxygens (including phenoxy) is 2. The number of aliphatic hydroxyl groups excluding tert-OH is 1. The molecule has 0 saturated carbocycles. The fourth-order valence-corrected chi connectivity index (χ4v) is 4.10. The number of Topliss-reactive ketones (excluding diaryl/α,β-unsaturated/α-hetero) is 1. The van der Waals surface area contributed by atoms with Crippen molar-refractivity contribution in [1.82, 2.24) is 4.90 Å². The lowest BCUT2D eigenvalue weighted by Gasteiger charge is -2.25. The summed E-state index contributed by atoms with van der Waals surface area (Å²) in [6.45, 7) is 2.63. The summed E-state index contributed by atoms with van der Waals surface area (Å²) in [5.41, 5.74) is 2.06. The van der Waals surface area contributed by atoms with E-state index in [0.717, 1.165) is 15.6 Å². The number of hydrogen-bond acceptors (Lipinski definition) is 5. The van der Waals surface area contributed by atoms with E-state index in [-0.39, 0.29) is 11.3 Å². The van der Waals surface area contributed by atoms with Crippen LogP contribution in [0.25, 0.3) is 5.76 Å². The van der Waals surface area contributed by atoms with Gasteiger partial charge < -0.3 is 19.5 Å². The normalized spacial score (nSPS) is 18.1. The highest BCUT2D eigenvalue weighted by atomic mass is 79.9. The number of rotatable bonds is 7. The second-order valence-corrected chi connectivity index (χ2v) is 7.99. The third kappa shape index (κ3) is 4.27. The first kappa shape index (κ1) is 22.1. The first-order chi connectivity index (χ1) is 14.4. The lowest BCUT2D eigenvalue weighted by Crippen LogP contribution is -2.31. The molecule has 1 aliphatic heterocycles. The Labute approximate surface area is 184 Å². The smallest absolute Gasteiger partial charge is 0.295 e. The summed E-state index contributed by atoms with van der Waals surface area (Å²) in [5, 5.41) is 11.1. The topological polar surface area (TPSA) is 76.1 Å². The largest absolute Gasteiger partial charge is 0.507 e. The highest BCUT2D eigenvalue weighted by Crippen LogP contribution is 2.40. The number of carbonyl (C=O) groups excluding carboxylic acids is 2. The molecule has 1 unspecified atom stereocenters. The van der Waals surface area contributed by atoms with Crippen molar-refractivity contribution in [3.8, 4) is 5.75 Å². The fourth-order valence-electron chi connectivity index (χ4n) is 3.69. The van der Waals surface area contributed by atoms with Crippen molar-refractivity contribution in [2.24, 2.45) is 0 Å². The van der Waals surface area contributed by atoms with Crippen molar-refractivity contribution >= 4 is 33.4 Å². The molecule has 2 aromatic carbocycles. The minimum absolute atomic E-state index is 0.0868. The van der Waals surface area contributed by atoms with E-state index in [0.29, 0.717) is 30.9 Å². The van der Waals surface area contributed by atoms with Crippen LogP contribution in [0.3, 0.4) is 0 Å². The number of halogens is 1. The Morgan fingerprint density at radius 2 is 1.93 bits per heavy atom. The molecule has 0 radical (unpaired) electrons. The lowest BCUT2D eigenvalue weighted by atomic mass is 9.94. The quantitative estimate of drug-likeness (QED) is 0.282. The van der Waals surface area contributed by atoms with Gasteiger partial charge in [-0.1, -0.05) is 28.1 Å². The van der Waals surface area contributed by atoms with Crippen LogP contribution in [0.15, 0.2) is 52.5 Å². The van der Waals surface area contributed by atoms with E-state index in [1.54, 1.807) is 32.4 Å². The van der Waals surface area contributed by atoms with Crippen LogP contribution in [0.1, 0.15) is 29.2 Å². The summed E-state index contributed by atoms with van der Waals surface area (Å²) in [4.78, 5) is 27.4. The Bertz CT molecular complexity index is 1000. The molecule has 1 amide bonds. The standard InChI is InChI=1S/C23H24BrNO5/c1-14-12-17(30-3)8-9-18(14)21(26)19-20(15-6-4-7-16(24)13-15)25(10-5-11-29-2)23(28)22(19)27/h4,6-9,12-13,20,26H,5,10-11H2,1-3H3. The Morgan fingerprint density at radius 3 is 2.57 bits per heavy atom. The Hall–Kier alpha value is -2.64. The van der Waals surface area contributed by atoms with Crippen LogP contribution in [0.5, 0.6) is 5.75 Å². The van der Waals surface area contributed by atoms with Gasteiger partial charge in [-0.2, -0.15) is 0 Å². The highest BCUT2D eigenvalue weighted by molar-refractivity contribution is 9.10. The maximum Gasteiger partial charge on any atom is 0.295 e. The molecule has 0 spiro atoms. The number of aryl methyl sites for hydroxylation is 1. The fraction of sp³-hybridized carbons (Fsp3) is 0.304. The van der Waals surface area contributed by atoms with Crippen LogP contribution in [0, 0.1) is 6.92 Å². The first-order valence-corrected chi connectivity index (χ1v) is 10.4. The zero-order chi connectivity index (χ0) is 21.8. The summed E-state index contributed by atoms with van der Waals surface area (Å²) in [7, 11) is 3.15. The third-order valence-corrected chi connectivity index (χ3v) is 5.63. The molecular formula is C23H24BrNO5. The average molecular weight is 474 g/mol. The van der Waals surface area contributed by atoms with Gasteiger partial charge in [-0.25, -0.2) is 0 Å². The molecule has 0 aromatic heterocycles. The van der Waals surface area contributed by atoms with E-state index in [1.165, 1.54) is 4.90 Å². The first-order valence-electron chi connectivity index (χ1n) is 9.56. The van der Waals surface area contributed by atoms with Crippen LogP contribution in [-0.4, -0.2) is 49.1 Å². The minimum atomic E-state index is -0.690. The summed E-state index contributed by atoms with van der Waals surface area (Å²) >= 11 is 3.45. The number of amides is 1. The molecule has 1 aliphatic rings. The van der Waals surface area contributed by atoms with Crippen LogP contribution < -0.4 is 4.74 Å². The average Bonchev–Trinajstić information content (AvgIpc) is 2.98. The van der Waals surface area contributed by atoms with Crippen LogP contribution in [0.2, 0.25) is 0 Å². The predicted molar refractivity (Wildman–Crippen MR) is 117 cm³/mol. The zero-order valence-corrected chi connectivity index (χ0v) is 18.7. The van der Waals surface area contributed by atoms with Gasteiger partial charge in [0.05, 0.1) is 18.7 Å². The Balaban J connectivity index is 2.15. The summed E-state index contributed by atoms with van der Waals surface area (Å²) in [6.07, 6.45) is 0.579. The van der Waals surface area contributed by atoms with Gasteiger partial charge in [0.25, 0.3) is 11.7 Å². The van der Waals surface area contributed by atoms with Gasteiger partial charge in [0.2, 0.25) is 0 Å². The molecule has 30 heavy (non-hydrogen) atoms. The van der Waals surface area contributed by atoms with Crippen molar-refractivity contribution in [3.05, 3.63) is 69.2 Å². The molecule has 1 saturated heterocycles. The second kappa shape index (κ2) is 9.45. The molecule has 1 heterocycles. The molecule has 1 atom stereocenters. The van der Waals surface area contributed by atoms with Gasteiger partial charge in [0.15, 0.2) is 0 Å². The number of methoxy groups -OCH3 is 2. The number of aliphatic hydroxyl groups is 1. The van der Waals surface area contributed by atoms with E-state index < -0.39 is 17.7 Å². The second-order valence-electron chi connectivity index (χ2n) is 7.07. The number of hydrogen-bond donors (Lipinski definition) is 1. The van der Waals surface area contributed by atoms with E-state index in [1.807, 2.05) is 31.2 Å². The Kier molecular flexibility index (Phi) is 6.95. The summed E-state index contributed by atoms with van der Waals surface area (Å²) < 4.78 is 11.1. The minimum Gasteiger partial charge on any atom is -0.507 e. The van der Waals surface area contributed by atoms with Crippen LogP contribution >= 0.6 is 15.9 Å². The van der Waals surface area contributed by atoms with Crippen molar-refractivity contribution in [2.75, 3.05) is 27.4 Å². The van der Waals surface area contributed by atoms with Gasteiger partial charge in [0, 0.05) is 30.3 Å². The lowest BCUT2D eigenvalue weighted by molar-refractivity contribution is -0.140. The van der Waals surface area contributed by atoms with Gasteiger partial charge in [-0.05, 0) is 54.8 Å². The van der Waals surface area contributed by atoms with Crippen molar-refractivity contribution in [3.63, 3.8) is 0 Å². The molecule has 3 rings (SSSR count). The Morgan fingerprint density at radius 1 is 1.17 bits per heavy atom. The van der Waals surface area contributed by atoms with Crippen LogP contribution in [0.4, 0.5) is 0 Å². The predicted octanol–water partition coefficient (Wildman–Crippen LogP) is 4.22.